The fraction of sp³-hybridized carbons (Fsp3) is 0.857. The van der Waals surface area contributed by atoms with Crippen molar-refractivity contribution in [1.29, 1.82) is 0 Å². The topological polar surface area (TPSA) is 44.8 Å². The summed E-state index contributed by atoms with van der Waals surface area (Å²) in [6.45, 7) is 17.3. The molecule has 6 heteroatoms. The minimum absolute atomic E-state index is 0.106. The summed E-state index contributed by atoms with van der Waals surface area (Å²) in [6.07, 6.45) is 1.68. The van der Waals surface area contributed by atoms with E-state index in [0.29, 0.717) is 13.2 Å². The average Bonchev–Trinajstić information content (AvgIpc) is 2.25. The molecule has 4 nitrogen and oxygen atoms in total. The van der Waals surface area contributed by atoms with Gasteiger partial charge in [-0.3, -0.25) is 4.57 Å². The molecule has 0 bridgehead atoms. The number of hydrogen-bond acceptors (Lipinski definition) is 4. The highest BCUT2D eigenvalue weighted by molar-refractivity contribution is 7.57. The first-order valence-corrected chi connectivity index (χ1v) is 11.8. The predicted octanol–water partition coefficient (Wildman–Crippen LogP) is 5.18. The molecule has 0 saturated heterocycles. The molecule has 0 aliphatic carbocycles. The molecule has 1 atom stereocenters. The Morgan fingerprint density at radius 3 is 1.95 bits per heavy atom. The summed E-state index contributed by atoms with van der Waals surface area (Å²) in [4.78, 5) is 0. The third-order valence-electron chi connectivity index (χ3n) is 3.44. The molecule has 0 rings (SSSR count). The molecule has 0 fully saturated rings. The molecule has 0 radical (unpaired) electrons. The van der Waals surface area contributed by atoms with Crippen molar-refractivity contribution < 1.29 is 18.0 Å². The van der Waals surface area contributed by atoms with Crippen molar-refractivity contribution in [2.45, 2.75) is 65.8 Å². The van der Waals surface area contributed by atoms with Gasteiger partial charge in [0.2, 0.25) is 0 Å². The highest BCUT2D eigenvalue weighted by Gasteiger charge is 2.38. The third kappa shape index (κ3) is 6.68. The first kappa shape index (κ1) is 20.1. The molecule has 0 saturated carbocycles. The van der Waals surface area contributed by atoms with Crippen LogP contribution in [0.15, 0.2) is 11.9 Å². The summed E-state index contributed by atoms with van der Waals surface area (Å²) in [5.74, 6) is 1.53. The van der Waals surface area contributed by atoms with Crippen molar-refractivity contribution in [3.8, 4) is 0 Å². The smallest absolute Gasteiger partial charge is 0.353 e. The van der Waals surface area contributed by atoms with E-state index < -0.39 is 15.9 Å². The Labute approximate surface area is 125 Å². The van der Waals surface area contributed by atoms with Crippen LogP contribution in [0.4, 0.5) is 0 Å². The molecule has 0 N–H and O–H groups in total. The van der Waals surface area contributed by atoms with Gasteiger partial charge in [-0.15, -0.1) is 0 Å². The molecular weight excluding hydrogens is 291 g/mol. The van der Waals surface area contributed by atoms with Gasteiger partial charge >= 0.3 is 7.60 Å². The zero-order valence-electron chi connectivity index (χ0n) is 14.2. The number of rotatable bonds is 8. The Morgan fingerprint density at radius 1 is 1.15 bits per heavy atom. The largest absolute Gasteiger partial charge is 0.411 e. The van der Waals surface area contributed by atoms with Gasteiger partial charge in [0.25, 0.3) is 0 Å². The van der Waals surface area contributed by atoms with E-state index in [9.17, 15) is 4.57 Å². The van der Waals surface area contributed by atoms with Crippen LogP contribution in [0.1, 0.15) is 41.5 Å². The monoisotopic (exact) mass is 322 g/mol. The maximum atomic E-state index is 12.3. The van der Waals surface area contributed by atoms with Crippen molar-refractivity contribution in [2.75, 3.05) is 13.2 Å². The van der Waals surface area contributed by atoms with E-state index in [1.54, 1.807) is 19.9 Å². The van der Waals surface area contributed by atoms with Crippen LogP contribution >= 0.6 is 7.60 Å². The summed E-state index contributed by atoms with van der Waals surface area (Å²) in [5, 5.41) is 0.151. The van der Waals surface area contributed by atoms with Crippen LogP contribution in [0, 0.1) is 0 Å². The molecule has 0 aromatic rings. The quantitative estimate of drug-likeness (QED) is 0.456. The summed E-state index contributed by atoms with van der Waals surface area (Å²) < 4.78 is 28.9. The van der Waals surface area contributed by atoms with Crippen LogP contribution in [-0.2, 0) is 18.0 Å². The average molecular weight is 322 g/mol. The lowest BCUT2D eigenvalue weighted by atomic mass is 10.2. The van der Waals surface area contributed by atoms with Gasteiger partial charge < -0.3 is 13.5 Å². The van der Waals surface area contributed by atoms with Crippen LogP contribution in [-0.4, -0.2) is 27.6 Å². The maximum absolute atomic E-state index is 12.3. The Balaban J connectivity index is 4.77. The summed E-state index contributed by atoms with van der Waals surface area (Å²) in [7, 11) is -4.95. The standard InChI is InChI=1S/C14H31O4PSi/c1-9-16-19(15,17-10-2)12-11-13(3)18-20(7,8)14(4,5)6/h11-13H,9-10H2,1-8H3/b12-11+/t13-/m0/s1. The van der Waals surface area contributed by atoms with Gasteiger partial charge in [-0.2, -0.15) is 0 Å². The van der Waals surface area contributed by atoms with E-state index in [2.05, 4.69) is 33.9 Å². The highest BCUT2D eigenvalue weighted by atomic mass is 31.2. The SMILES string of the molecule is CCOP(=O)(/C=C/[C@H](C)O[Si](C)(C)C(C)(C)C)OCC. The molecule has 0 aromatic heterocycles. The fourth-order valence-corrected chi connectivity index (χ4v) is 4.17. The van der Waals surface area contributed by atoms with Crippen LogP contribution in [0.25, 0.3) is 0 Å². The summed E-state index contributed by atoms with van der Waals surface area (Å²) in [6, 6.07) is 0. The van der Waals surface area contributed by atoms with Crippen LogP contribution < -0.4 is 0 Å². The predicted molar refractivity (Wildman–Crippen MR) is 87.7 cm³/mol. The van der Waals surface area contributed by atoms with Gasteiger partial charge in [-0.1, -0.05) is 20.8 Å². The lowest BCUT2D eigenvalue weighted by Crippen LogP contribution is -2.42. The van der Waals surface area contributed by atoms with Gasteiger partial charge in [0.05, 0.1) is 19.3 Å². The second-order valence-electron chi connectivity index (χ2n) is 6.30. The van der Waals surface area contributed by atoms with E-state index in [1.807, 2.05) is 6.92 Å². The molecule has 0 aliphatic heterocycles. The second-order valence-corrected chi connectivity index (χ2v) is 13.0. The third-order valence-corrected chi connectivity index (χ3v) is 9.79. The van der Waals surface area contributed by atoms with Crippen LogP contribution in [0.3, 0.4) is 0 Å². The highest BCUT2D eigenvalue weighted by Crippen LogP contribution is 2.49. The Kier molecular flexibility index (Phi) is 7.93. The van der Waals surface area contributed by atoms with Gasteiger partial charge in [0.1, 0.15) is 0 Å². The molecule has 0 unspecified atom stereocenters. The first-order chi connectivity index (χ1) is 8.97. The van der Waals surface area contributed by atoms with E-state index in [1.165, 1.54) is 5.82 Å². The lowest BCUT2D eigenvalue weighted by molar-refractivity contribution is 0.226. The van der Waals surface area contributed by atoms with Crippen molar-refractivity contribution in [3.63, 3.8) is 0 Å². The van der Waals surface area contributed by atoms with Gasteiger partial charge in [0, 0.05) is 5.82 Å². The molecule has 20 heavy (non-hydrogen) atoms. The first-order valence-electron chi connectivity index (χ1n) is 7.23. The Bertz CT molecular complexity index is 351. The molecule has 0 aliphatic rings. The van der Waals surface area contributed by atoms with E-state index in [4.69, 9.17) is 13.5 Å². The van der Waals surface area contributed by atoms with Crippen molar-refractivity contribution in [1.82, 2.24) is 0 Å². The summed E-state index contributed by atoms with van der Waals surface area (Å²) >= 11 is 0. The number of hydrogen-bond donors (Lipinski definition) is 0. The molecule has 0 aromatic carbocycles. The molecule has 0 heterocycles. The van der Waals surface area contributed by atoms with E-state index in [-0.39, 0.29) is 11.1 Å². The van der Waals surface area contributed by atoms with Crippen molar-refractivity contribution >= 4 is 15.9 Å². The minimum atomic E-state index is -3.12. The molecule has 120 valence electrons. The second kappa shape index (κ2) is 7.90. The minimum Gasteiger partial charge on any atom is -0.411 e. The molecule has 0 spiro atoms. The van der Waals surface area contributed by atoms with Crippen LogP contribution in [0.5, 0.6) is 0 Å². The molecule has 0 amide bonds. The zero-order chi connectivity index (χ0) is 16.0. The van der Waals surface area contributed by atoms with Crippen molar-refractivity contribution in [3.05, 3.63) is 11.9 Å². The summed E-state index contributed by atoms with van der Waals surface area (Å²) in [5.41, 5.74) is 0. The van der Waals surface area contributed by atoms with Gasteiger partial charge in [-0.25, -0.2) is 0 Å². The van der Waals surface area contributed by atoms with Crippen LogP contribution in [0.2, 0.25) is 18.1 Å². The van der Waals surface area contributed by atoms with Crippen molar-refractivity contribution in [2.24, 2.45) is 0 Å². The fourth-order valence-electron chi connectivity index (χ4n) is 1.39. The molecular formula is C14H31O4PSi. The Hall–Kier alpha value is 0.0669. The van der Waals surface area contributed by atoms with E-state index >= 15 is 0 Å². The van der Waals surface area contributed by atoms with Gasteiger partial charge in [0.15, 0.2) is 8.32 Å². The van der Waals surface area contributed by atoms with E-state index in [0.717, 1.165) is 0 Å². The maximum Gasteiger partial charge on any atom is 0.353 e. The Morgan fingerprint density at radius 2 is 1.60 bits per heavy atom. The van der Waals surface area contributed by atoms with Gasteiger partial charge in [-0.05, 0) is 45.0 Å². The normalized spacial score (nSPS) is 15.8. The zero-order valence-corrected chi connectivity index (χ0v) is 16.1. The lowest BCUT2D eigenvalue weighted by Gasteiger charge is -2.37.